The third kappa shape index (κ3) is 3.47. The van der Waals surface area contributed by atoms with Crippen LogP contribution in [0.4, 0.5) is 5.82 Å². The van der Waals surface area contributed by atoms with Crippen molar-refractivity contribution >= 4 is 28.3 Å². The van der Waals surface area contributed by atoms with Crippen LogP contribution in [0.15, 0.2) is 42.6 Å². The second-order valence-corrected chi connectivity index (χ2v) is 7.17. The number of hydrogen-bond donors (Lipinski definition) is 2. The first-order valence-corrected chi connectivity index (χ1v) is 9.66. The van der Waals surface area contributed by atoms with Crippen LogP contribution >= 0.6 is 11.6 Å². The lowest BCUT2D eigenvalue weighted by Crippen LogP contribution is -2.01. The molecule has 0 unspecified atom stereocenters. The van der Waals surface area contributed by atoms with Gasteiger partial charge in [0.1, 0.15) is 17.5 Å². The molecule has 0 radical (unpaired) electrons. The summed E-state index contributed by atoms with van der Waals surface area (Å²) in [6.07, 6.45) is 1.84. The Morgan fingerprint density at radius 2 is 1.71 bits per heavy atom. The Hall–Kier alpha value is -3.89. The zero-order chi connectivity index (χ0) is 22.1. The summed E-state index contributed by atoms with van der Waals surface area (Å²) in [4.78, 5) is 7.69. The van der Waals surface area contributed by atoms with E-state index in [1.54, 1.807) is 12.1 Å². The molecule has 0 spiro atoms. The number of pyridine rings is 1. The summed E-state index contributed by atoms with van der Waals surface area (Å²) < 4.78 is 16.3. The number of benzene rings is 2. The van der Waals surface area contributed by atoms with Crippen molar-refractivity contribution in [2.45, 2.75) is 0 Å². The number of halogens is 1. The molecule has 3 N–H and O–H groups in total. The molecule has 0 saturated heterocycles. The monoisotopic (exact) mass is 434 g/mol. The number of nitrogen functional groups attached to an aromatic ring is 1. The molecule has 0 bridgehead atoms. The minimum Gasteiger partial charge on any atom is -0.493 e. The Balaban J connectivity index is 1.98. The molecule has 0 atom stereocenters. The van der Waals surface area contributed by atoms with Gasteiger partial charge in [0.15, 0.2) is 11.5 Å². The minimum absolute atomic E-state index is 0.125. The summed E-state index contributed by atoms with van der Waals surface area (Å²) in [5.41, 5.74) is 10.1. The van der Waals surface area contributed by atoms with Crippen LogP contribution in [0.5, 0.6) is 17.2 Å². The molecular weight excluding hydrogens is 416 g/mol. The highest BCUT2D eigenvalue weighted by atomic mass is 35.5. The maximum atomic E-state index is 9.76. The Kier molecular flexibility index (Phi) is 5.32. The highest BCUT2D eigenvalue weighted by molar-refractivity contribution is 6.31. The van der Waals surface area contributed by atoms with Crippen LogP contribution in [0.1, 0.15) is 5.56 Å². The number of H-pyrrole nitrogens is 1. The van der Waals surface area contributed by atoms with Crippen molar-refractivity contribution in [3.8, 4) is 45.7 Å². The van der Waals surface area contributed by atoms with Gasteiger partial charge in [-0.3, -0.25) is 0 Å². The number of ether oxygens (including phenoxy) is 3. The van der Waals surface area contributed by atoms with Gasteiger partial charge in [-0.2, -0.15) is 5.26 Å². The van der Waals surface area contributed by atoms with Crippen LogP contribution in [0, 0.1) is 11.3 Å². The summed E-state index contributed by atoms with van der Waals surface area (Å²) in [5, 5.41) is 11.3. The molecule has 0 amide bonds. The molecule has 0 saturated carbocycles. The fraction of sp³-hybridized carbons (Fsp3) is 0.130. The third-order valence-electron chi connectivity index (χ3n) is 5.05. The first-order valence-electron chi connectivity index (χ1n) is 9.28. The fourth-order valence-corrected chi connectivity index (χ4v) is 3.76. The molecule has 0 fully saturated rings. The smallest absolute Gasteiger partial charge is 0.203 e. The van der Waals surface area contributed by atoms with E-state index in [-0.39, 0.29) is 11.4 Å². The fourth-order valence-electron chi connectivity index (χ4n) is 3.59. The van der Waals surface area contributed by atoms with E-state index in [9.17, 15) is 5.26 Å². The van der Waals surface area contributed by atoms with Crippen LogP contribution in [-0.2, 0) is 0 Å². The third-order valence-corrected chi connectivity index (χ3v) is 5.29. The Labute approximate surface area is 183 Å². The van der Waals surface area contributed by atoms with E-state index in [1.807, 2.05) is 30.5 Å². The Morgan fingerprint density at radius 1 is 1.00 bits per heavy atom. The van der Waals surface area contributed by atoms with Gasteiger partial charge in [-0.05, 0) is 42.0 Å². The van der Waals surface area contributed by atoms with E-state index in [4.69, 9.17) is 31.5 Å². The van der Waals surface area contributed by atoms with E-state index < -0.39 is 0 Å². The molecule has 0 aliphatic carbocycles. The molecule has 2 aromatic carbocycles. The second-order valence-electron chi connectivity index (χ2n) is 6.73. The van der Waals surface area contributed by atoms with Crippen LogP contribution in [0.2, 0.25) is 5.02 Å². The number of nitriles is 1. The largest absolute Gasteiger partial charge is 0.493 e. The number of hydrogen-bond acceptors (Lipinski definition) is 6. The zero-order valence-corrected chi connectivity index (χ0v) is 17.9. The van der Waals surface area contributed by atoms with Crippen molar-refractivity contribution in [1.82, 2.24) is 9.97 Å². The summed E-state index contributed by atoms with van der Waals surface area (Å²) in [6.45, 7) is 0. The minimum atomic E-state index is 0.125. The van der Waals surface area contributed by atoms with Gasteiger partial charge in [0.05, 0.1) is 27.0 Å². The predicted molar refractivity (Wildman–Crippen MR) is 121 cm³/mol. The average Bonchev–Trinajstić information content (AvgIpc) is 3.20. The first-order chi connectivity index (χ1) is 15.0. The van der Waals surface area contributed by atoms with Gasteiger partial charge in [-0.1, -0.05) is 11.6 Å². The van der Waals surface area contributed by atoms with Gasteiger partial charge in [0.2, 0.25) is 5.75 Å². The van der Waals surface area contributed by atoms with Gasteiger partial charge < -0.3 is 24.9 Å². The Morgan fingerprint density at radius 3 is 2.32 bits per heavy atom. The summed E-state index contributed by atoms with van der Waals surface area (Å²) >= 11 is 6.19. The molecule has 4 aromatic rings. The number of rotatable bonds is 5. The predicted octanol–water partition coefficient (Wildman–Crippen LogP) is 5.03. The lowest BCUT2D eigenvalue weighted by atomic mass is 9.97. The first kappa shape index (κ1) is 20.4. The summed E-state index contributed by atoms with van der Waals surface area (Å²) in [7, 11) is 4.61. The van der Waals surface area contributed by atoms with Gasteiger partial charge in [0.25, 0.3) is 0 Å². The highest BCUT2D eigenvalue weighted by Crippen LogP contribution is 2.43. The standard InChI is InChI=1S/C23H19ClN4O3/c1-29-20-6-12(7-21(30-2)22(20)31-3)14-9-19(28-23(26)16(14)10-25)17-11-27-18-5-4-13(24)8-15(17)18/h4-9,11,27H,1-3H3,(H2,26,28). The van der Waals surface area contributed by atoms with Crippen LogP contribution in [-0.4, -0.2) is 31.3 Å². The number of anilines is 1. The molecule has 2 aromatic heterocycles. The van der Waals surface area contributed by atoms with Gasteiger partial charge in [0, 0.05) is 33.2 Å². The van der Waals surface area contributed by atoms with Crippen molar-refractivity contribution in [1.29, 1.82) is 5.26 Å². The number of nitrogens with one attached hydrogen (secondary N) is 1. The molecule has 31 heavy (non-hydrogen) atoms. The SMILES string of the molecule is COc1cc(-c2cc(-c3c[nH]c4ccc(Cl)cc34)nc(N)c2C#N)cc(OC)c1OC. The van der Waals surface area contributed by atoms with Crippen molar-refractivity contribution in [3.05, 3.63) is 53.2 Å². The van der Waals surface area contributed by atoms with E-state index >= 15 is 0 Å². The lowest BCUT2D eigenvalue weighted by molar-refractivity contribution is 0.324. The average molecular weight is 435 g/mol. The van der Waals surface area contributed by atoms with E-state index in [0.717, 1.165) is 16.5 Å². The van der Waals surface area contributed by atoms with Crippen LogP contribution in [0.25, 0.3) is 33.3 Å². The molecule has 0 aliphatic heterocycles. The van der Waals surface area contributed by atoms with Crippen molar-refractivity contribution in [2.24, 2.45) is 0 Å². The van der Waals surface area contributed by atoms with Crippen LogP contribution < -0.4 is 19.9 Å². The van der Waals surface area contributed by atoms with E-state index in [2.05, 4.69) is 16.0 Å². The lowest BCUT2D eigenvalue weighted by Gasteiger charge is -2.16. The number of aromatic nitrogens is 2. The van der Waals surface area contributed by atoms with Gasteiger partial charge in [-0.15, -0.1) is 0 Å². The summed E-state index contributed by atoms with van der Waals surface area (Å²) in [6, 6.07) is 13.1. The number of nitrogens with two attached hydrogens (primary N) is 1. The van der Waals surface area contributed by atoms with Crippen molar-refractivity contribution in [3.63, 3.8) is 0 Å². The van der Waals surface area contributed by atoms with Gasteiger partial charge >= 0.3 is 0 Å². The summed E-state index contributed by atoms with van der Waals surface area (Å²) in [5.74, 6) is 1.52. The maximum absolute atomic E-state index is 9.76. The molecule has 156 valence electrons. The molecular formula is C23H19ClN4O3. The van der Waals surface area contributed by atoms with E-state index in [1.165, 1.54) is 21.3 Å². The maximum Gasteiger partial charge on any atom is 0.203 e. The molecule has 2 heterocycles. The highest BCUT2D eigenvalue weighted by Gasteiger charge is 2.20. The van der Waals surface area contributed by atoms with Gasteiger partial charge in [-0.25, -0.2) is 4.98 Å². The number of nitrogens with zero attached hydrogens (tertiary/aromatic N) is 2. The number of fused-ring (bicyclic) bond motifs is 1. The Bertz CT molecular complexity index is 1320. The van der Waals surface area contributed by atoms with Crippen molar-refractivity contribution < 1.29 is 14.2 Å². The molecule has 0 aliphatic rings. The normalized spacial score (nSPS) is 10.7. The topological polar surface area (TPSA) is 106 Å². The van der Waals surface area contributed by atoms with E-state index in [0.29, 0.717) is 39.1 Å². The van der Waals surface area contributed by atoms with Crippen LogP contribution in [0.3, 0.4) is 0 Å². The molecule has 4 rings (SSSR count). The number of methoxy groups -OCH3 is 3. The molecule has 8 heteroatoms. The second kappa shape index (κ2) is 8.09. The zero-order valence-electron chi connectivity index (χ0n) is 17.1. The number of aromatic amines is 1. The quantitative estimate of drug-likeness (QED) is 0.456. The van der Waals surface area contributed by atoms with Crippen molar-refractivity contribution in [2.75, 3.05) is 27.1 Å². The molecule has 7 nitrogen and oxygen atoms in total.